The van der Waals surface area contributed by atoms with Gasteiger partial charge in [0, 0.05) is 54.3 Å². The second-order valence-corrected chi connectivity index (χ2v) is 21.0. The van der Waals surface area contributed by atoms with Crippen molar-refractivity contribution in [2.45, 2.75) is 52.4 Å². The zero-order valence-electron chi connectivity index (χ0n) is 38.3. The summed E-state index contributed by atoms with van der Waals surface area (Å²) in [5, 5.41) is 14.8. The van der Waals surface area contributed by atoms with E-state index < -0.39 is 0 Å². The Bertz CT molecular complexity index is 4620. The van der Waals surface area contributed by atoms with Gasteiger partial charge in [0.2, 0.25) is 0 Å². The highest BCUT2D eigenvalue weighted by Gasteiger charge is 2.30. The summed E-state index contributed by atoms with van der Waals surface area (Å²) >= 11 is 0. The number of nitrogens with zero attached hydrogens (tertiary/aromatic N) is 5. The first kappa shape index (κ1) is 37.2. The molecule has 5 heteroatoms. The van der Waals surface area contributed by atoms with Gasteiger partial charge in [-0.25, -0.2) is 9.97 Å². The van der Waals surface area contributed by atoms with Crippen LogP contribution in [-0.2, 0) is 10.8 Å². The van der Waals surface area contributed by atoms with Gasteiger partial charge in [0.15, 0.2) is 11.3 Å². The molecule has 67 heavy (non-hydrogen) atoms. The van der Waals surface area contributed by atoms with Gasteiger partial charge in [-0.15, -0.1) is 0 Å². The molecule has 5 nitrogen and oxygen atoms in total. The molecule has 0 aliphatic heterocycles. The number of hydrogen-bond donors (Lipinski definition) is 0. The first-order valence-electron chi connectivity index (χ1n) is 23.6. The number of benzene rings is 9. The molecular weight excluding hydrogens is 815 g/mol. The highest BCUT2D eigenvalue weighted by Crippen LogP contribution is 2.49. The van der Waals surface area contributed by atoms with E-state index in [2.05, 4.69) is 219 Å². The minimum atomic E-state index is -0.105. The monoisotopic (exact) mass is 859 g/mol. The van der Waals surface area contributed by atoms with Crippen molar-refractivity contribution >= 4 is 120 Å². The molecule has 0 bridgehead atoms. The van der Waals surface area contributed by atoms with E-state index in [1.165, 1.54) is 109 Å². The maximum Gasteiger partial charge on any atom is 0.165 e. The first-order valence-corrected chi connectivity index (χ1v) is 23.6. The molecule has 0 saturated heterocycles. The van der Waals surface area contributed by atoms with Gasteiger partial charge in [0.1, 0.15) is 11.0 Å². The fourth-order valence-corrected chi connectivity index (χ4v) is 11.9. The average Bonchev–Trinajstić information content (AvgIpc) is 4.12. The van der Waals surface area contributed by atoms with Gasteiger partial charge in [0.25, 0.3) is 0 Å². The van der Waals surface area contributed by atoms with Crippen molar-refractivity contribution in [3.8, 4) is 16.8 Å². The van der Waals surface area contributed by atoms with Crippen molar-refractivity contribution in [1.82, 2.24) is 23.3 Å². The summed E-state index contributed by atoms with van der Waals surface area (Å²) in [6, 6.07) is 61.0. The lowest BCUT2D eigenvalue weighted by atomic mass is 9.83. The van der Waals surface area contributed by atoms with Crippen LogP contribution < -0.4 is 0 Å². The molecule has 9 aromatic carbocycles. The third-order valence-corrected chi connectivity index (χ3v) is 15.1. The van der Waals surface area contributed by atoms with Crippen LogP contribution in [0, 0.1) is 0 Å². The molecule has 6 aromatic heterocycles. The molecule has 15 aromatic rings. The molecule has 0 atom stereocenters. The summed E-state index contributed by atoms with van der Waals surface area (Å²) in [6.45, 7) is 14.0. The SMILES string of the molecule is CC(C)(C)c1cc(-c2ccc3c(c2)c2ccccc2n3-c2ccccc2)c2c(c1)c1c3ccccc3cc3c4nc5c(nc4n2c31)c1cc(C(C)(C)C)cc2c3c4ccccc4ccc3n5c12. The normalized spacial score (nSPS) is 13.2. The standard InChI is InChI=1S/C62H45N5/c1-61(2,3)37-30-43(36-25-26-50-44(28-36)42-22-14-15-23-49(42)65(50)39-18-8-7-9-19-39)56-46(32-37)53-41-21-13-11-17-35(41)29-47-54-60(67(56)58(47)53)64-55-48-33-38(62(4,5)6)31-45-52-40-20-12-10-16-34(40)24-27-51(52)66(57(45)48)59(55)63-54/h7-33H,1-6H3. The molecule has 0 N–H and O–H groups in total. The van der Waals surface area contributed by atoms with E-state index in [-0.39, 0.29) is 10.8 Å². The predicted molar refractivity (Wildman–Crippen MR) is 284 cm³/mol. The van der Waals surface area contributed by atoms with Crippen LogP contribution in [0.3, 0.4) is 0 Å². The van der Waals surface area contributed by atoms with Crippen molar-refractivity contribution in [2.24, 2.45) is 0 Å². The summed E-state index contributed by atoms with van der Waals surface area (Å²) in [7, 11) is 0. The molecule has 6 heterocycles. The number of aromatic nitrogens is 5. The zero-order chi connectivity index (χ0) is 44.8. The third kappa shape index (κ3) is 4.78. The lowest BCUT2D eigenvalue weighted by Gasteiger charge is -2.21. The van der Waals surface area contributed by atoms with Crippen molar-refractivity contribution < 1.29 is 0 Å². The van der Waals surface area contributed by atoms with Crippen LogP contribution in [0.15, 0.2) is 164 Å². The van der Waals surface area contributed by atoms with E-state index in [0.29, 0.717) is 0 Å². The number of hydrogen-bond acceptors (Lipinski definition) is 2. The van der Waals surface area contributed by atoms with Crippen molar-refractivity contribution in [3.63, 3.8) is 0 Å². The quantitative estimate of drug-likeness (QED) is 0.174. The van der Waals surface area contributed by atoms with Crippen LogP contribution in [0.25, 0.3) is 137 Å². The number of rotatable bonds is 2. The summed E-state index contributed by atoms with van der Waals surface area (Å²) in [4.78, 5) is 11.7. The summed E-state index contributed by atoms with van der Waals surface area (Å²) in [6.07, 6.45) is 0. The Kier molecular flexibility index (Phi) is 6.92. The fourth-order valence-electron chi connectivity index (χ4n) is 11.9. The average molecular weight is 860 g/mol. The summed E-state index contributed by atoms with van der Waals surface area (Å²) in [5.41, 5.74) is 16.7. The predicted octanol–water partition coefficient (Wildman–Crippen LogP) is 16.4. The van der Waals surface area contributed by atoms with Crippen LogP contribution in [0.2, 0.25) is 0 Å². The van der Waals surface area contributed by atoms with E-state index in [0.717, 1.165) is 38.8 Å². The first-order chi connectivity index (χ1) is 32.5. The molecule has 0 amide bonds. The van der Waals surface area contributed by atoms with Gasteiger partial charge in [0.05, 0.1) is 33.1 Å². The minimum Gasteiger partial charge on any atom is -0.309 e. The molecule has 15 rings (SSSR count). The lowest BCUT2D eigenvalue weighted by molar-refractivity contribution is 0.591. The molecule has 0 aliphatic rings. The maximum atomic E-state index is 5.90. The Labute approximate surface area is 385 Å². The van der Waals surface area contributed by atoms with Crippen LogP contribution in [0.1, 0.15) is 52.7 Å². The molecular formula is C62H45N5. The highest BCUT2D eigenvalue weighted by atomic mass is 15.1. The van der Waals surface area contributed by atoms with Crippen LogP contribution in [-0.4, -0.2) is 23.3 Å². The summed E-state index contributed by atoms with van der Waals surface area (Å²) in [5.74, 6) is 0. The molecule has 0 aliphatic carbocycles. The molecule has 0 saturated carbocycles. The minimum absolute atomic E-state index is 0.0795. The zero-order valence-corrected chi connectivity index (χ0v) is 38.3. The van der Waals surface area contributed by atoms with Crippen LogP contribution >= 0.6 is 0 Å². The molecule has 0 fully saturated rings. The van der Waals surface area contributed by atoms with Gasteiger partial charge in [-0.3, -0.25) is 8.80 Å². The van der Waals surface area contributed by atoms with Crippen molar-refractivity contribution in [3.05, 3.63) is 175 Å². The second kappa shape index (κ2) is 12.4. The molecule has 0 radical (unpaired) electrons. The lowest BCUT2D eigenvalue weighted by Crippen LogP contribution is -2.11. The van der Waals surface area contributed by atoms with Gasteiger partial charge in [-0.2, -0.15) is 0 Å². The van der Waals surface area contributed by atoms with E-state index in [9.17, 15) is 0 Å². The Morgan fingerprint density at radius 3 is 1.69 bits per heavy atom. The maximum absolute atomic E-state index is 5.90. The fraction of sp³-hybridized carbons (Fsp3) is 0.129. The van der Waals surface area contributed by atoms with Crippen LogP contribution in [0.4, 0.5) is 0 Å². The van der Waals surface area contributed by atoms with E-state index >= 15 is 0 Å². The molecule has 318 valence electrons. The van der Waals surface area contributed by atoms with Gasteiger partial charge >= 0.3 is 0 Å². The summed E-state index contributed by atoms with van der Waals surface area (Å²) < 4.78 is 7.30. The molecule has 0 spiro atoms. The Balaban J connectivity index is 1.13. The van der Waals surface area contributed by atoms with Crippen molar-refractivity contribution in [2.75, 3.05) is 0 Å². The van der Waals surface area contributed by atoms with Gasteiger partial charge in [-0.05, 0) is 116 Å². The van der Waals surface area contributed by atoms with Gasteiger partial charge < -0.3 is 4.57 Å². The highest BCUT2D eigenvalue weighted by molar-refractivity contribution is 6.33. The largest absolute Gasteiger partial charge is 0.309 e. The van der Waals surface area contributed by atoms with Crippen molar-refractivity contribution in [1.29, 1.82) is 0 Å². The topological polar surface area (TPSA) is 39.5 Å². The van der Waals surface area contributed by atoms with E-state index in [1.54, 1.807) is 0 Å². The third-order valence-electron chi connectivity index (χ3n) is 15.1. The number of fused-ring (bicyclic) bond motifs is 19. The molecule has 0 unspecified atom stereocenters. The Morgan fingerprint density at radius 2 is 0.940 bits per heavy atom. The van der Waals surface area contributed by atoms with E-state index in [1.807, 2.05) is 0 Å². The number of para-hydroxylation sites is 2. The Morgan fingerprint density at radius 1 is 0.373 bits per heavy atom. The smallest absolute Gasteiger partial charge is 0.165 e. The Hall–Kier alpha value is -8.02. The second-order valence-electron chi connectivity index (χ2n) is 21.0. The van der Waals surface area contributed by atoms with E-state index in [4.69, 9.17) is 9.97 Å². The van der Waals surface area contributed by atoms with Crippen LogP contribution in [0.5, 0.6) is 0 Å². The van der Waals surface area contributed by atoms with Gasteiger partial charge in [-0.1, -0.05) is 139 Å².